The quantitative estimate of drug-likeness (QED) is 0.786. The summed E-state index contributed by atoms with van der Waals surface area (Å²) in [5.74, 6) is -0.756. The van der Waals surface area contributed by atoms with E-state index in [1.165, 1.54) is 5.19 Å². The molecule has 0 heterocycles. The molecule has 20 heavy (non-hydrogen) atoms. The van der Waals surface area contributed by atoms with Gasteiger partial charge in [0.2, 0.25) is 8.32 Å². The van der Waals surface area contributed by atoms with Crippen molar-refractivity contribution in [3.8, 4) is 0 Å². The van der Waals surface area contributed by atoms with Crippen molar-refractivity contribution in [1.29, 1.82) is 0 Å². The molecule has 0 aliphatic carbocycles. The van der Waals surface area contributed by atoms with E-state index in [1.54, 1.807) is 0 Å². The Hall–Kier alpha value is -1.18. The minimum Gasteiger partial charge on any atom is -0.481 e. The van der Waals surface area contributed by atoms with E-state index in [1.807, 2.05) is 24.3 Å². The summed E-state index contributed by atoms with van der Waals surface area (Å²) in [7, 11) is -3.81. The lowest BCUT2D eigenvalue weighted by molar-refractivity contribution is -0.136. The number of carboxylic acid groups (broad SMARTS) is 1. The van der Waals surface area contributed by atoms with E-state index in [0.717, 1.165) is 0 Å². The molecule has 0 bridgehead atoms. The average Bonchev–Trinajstić information content (AvgIpc) is 2.34. The van der Waals surface area contributed by atoms with Gasteiger partial charge in [0, 0.05) is 6.42 Å². The van der Waals surface area contributed by atoms with Crippen LogP contribution in [0.15, 0.2) is 42.1 Å². The Bertz CT molecular complexity index is 467. The Morgan fingerprint density at radius 1 is 1.20 bits per heavy atom. The van der Waals surface area contributed by atoms with Gasteiger partial charge in [-0.1, -0.05) is 42.1 Å². The largest absolute Gasteiger partial charge is 0.481 e. The van der Waals surface area contributed by atoms with Crippen LogP contribution in [0, 0.1) is 0 Å². The van der Waals surface area contributed by atoms with E-state index >= 15 is 0 Å². The van der Waals surface area contributed by atoms with Crippen LogP contribution >= 0.6 is 0 Å². The number of allylic oxidation sites excluding steroid dienone is 1. The molecule has 0 aliphatic heterocycles. The maximum absolute atomic E-state index is 10.5. The Balaban J connectivity index is 2.67. The number of aliphatic carboxylic acids is 1. The molecule has 0 aromatic heterocycles. The molecule has 110 valence electrons. The van der Waals surface area contributed by atoms with Crippen molar-refractivity contribution < 1.29 is 14.0 Å². The fraction of sp³-hybridized carbons (Fsp3) is 0.400. The number of carbonyl (C=O) groups is 1. The fourth-order valence-electron chi connectivity index (χ4n) is 2.16. The standard InChI is InChI=1S/C15H24O3Si2/c1-19(2,13-9-8-12-15(16)17)18-20(3,4)14-10-6-5-7-11-14/h5-7,9-11,13H,8,12H2,1-4H3,(H,16,17)/b13-9-. The number of hydrogen-bond acceptors (Lipinski definition) is 2. The molecule has 0 radical (unpaired) electrons. The highest BCUT2D eigenvalue weighted by Gasteiger charge is 2.32. The first-order valence-corrected chi connectivity index (χ1v) is 12.8. The molecule has 0 amide bonds. The molecular weight excluding hydrogens is 284 g/mol. The highest BCUT2D eigenvalue weighted by molar-refractivity contribution is 6.93. The zero-order valence-corrected chi connectivity index (χ0v) is 14.7. The molecular formula is C15H24O3Si2. The van der Waals surface area contributed by atoms with Gasteiger partial charge in [0.05, 0.1) is 0 Å². The third-order valence-electron chi connectivity index (χ3n) is 3.03. The first-order chi connectivity index (χ1) is 9.23. The summed E-state index contributed by atoms with van der Waals surface area (Å²) in [5.41, 5.74) is 2.10. The number of hydrogen-bond donors (Lipinski definition) is 1. The van der Waals surface area contributed by atoms with Gasteiger partial charge in [-0.25, -0.2) is 0 Å². The van der Waals surface area contributed by atoms with E-state index in [2.05, 4.69) is 44.0 Å². The van der Waals surface area contributed by atoms with Gasteiger partial charge in [0.15, 0.2) is 8.32 Å². The highest BCUT2D eigenvalue weighted by Crippen LogP contribution is 2.16. The normalized spacial score (nSPS) is 12.8. The zero-order chi connectivity index (χ0) is 15.2. The predicted molar refractivity (Wildman–Crippen MR) is 88.1 cm³/mol. The number of rotatable bonds is 7. The molecule has 3 nitrogen and oxygen atoms in total. The van der Waals surface area contributed by atoms with Gasteiger partial charge in [-0.15, -0.1) is 0 Å². The van der Waals surface area contributed by atoms with Crippen molar-refractivity contribution in [2.75, 3.05) is 0 Å². The maximum Gasteiger partial charge on any atom is 0.303 e. The van der Waals surface area contributed by atoms with Crippen LogP contribution in [0.4, 0.5) is 0 Å². The third-order valence-corrected chi connectivity index (χ3v) is 9.94. The molecule has 0 spiro atoms. The summed E-state index contributed by atoms with van der Waals surface area (Å²) < 4.78 is 6.46. The van der Waals surface area contributed by atoms with Gasteiger partial charge in [0.1, 0.15) is 0 Å². The Morgan fingerprint density at radius 3 is 2.35 bits per heavy atom. The van der Waals surface area contributed by atoms with Gasteiger partial charge in [0.25, 0.3) is 0 Å². The minimum atomic E-state index is -1.91. The third kappa shape index (κ3) is 5.85. The van der Waals surface area contributed by atoms with Crippen molar-refractivity contribution in [3.63, 3.8) is 0 Å². The first-order valence-electron chi connectivity index (χ1n) is 6.88. The summed E-state index contributed by atoms with van der Waals surface area (Å²) in [5, 5.41) is 9.92. The monoisotopic (exact) mass is 308 g/mol. The second-order valence-corrected chi connectivity index (χ2v) is 13.9. The summed E-state index contributed by atoms with van der Waals surface area (Å²) in [6, 6.07) is 10.4. The second kappa shape index (κ2) is 7.01. The van der Waals surface area contributed by atoms with Crippen molar-refractivity contribution in [2.45, 2.75) is 39.0 Å². The van der Waals surface area contributed by atoms with E-state index in [4.69, 9.17) is 9.22 Å². The molecule has 5 heteroatoms. The van der Waals surface area contributed by atoms with E-state index < -0.39 is 22.6 Å². The number of benzene rings is 1. The van der Waals surface area contributed by atoms with Crippen LogP contribution in [0.3, 0.4) is 0 Å². The van der Waals surface area contributed by atoms with Crippen molar-refractivity contribution in [2.24, 2.45) is 0 Å². The predicted octanol–water partition coefficient (Wildman–Crippen LogP) is 3.28. The Morgan fingerprint density at radius 2 is 1.80 bits per heavy atom. The summed E-state index contributed by atoms with van der Waals surface area (Å²) in [6.07, 6.45) is 2.71. The molecule has 0 saturated carbocycles. The molecule has 1 rings (SSSR count). The van der Waals surface area contributed by atoms with E-state index in [0.29, 0.717) is 6.42 Å². The van der Waals surface area contributed by atoms with Gasteiger partial charge in [-0.3, -0.25) is 4.79 Å². The van der Waals surface area contributed by atoms with Crippen LogP contribution in [-0.2, 0) is 8.91 Å². The number of carboxylic acids is 1. The first kappa shape index (κ1) is 16.9. The highest BCUT2D eigenvalue weighted by atomic mass is 28.4. The molecule has 0 unspecified atom stereocenters. The SMILES string of the molecule is C[Si](C)(/C=C\CCC(=O)O)O[Si](C)(C)c1ccccc1. The molecule has 1 aromatic rings. The second-order valence-electron chi connectivity index (χ2n) is 5.92. The fourth-order valence-corrected chi connectivity index (χ4v) is 9.90. The average molecular weight is 309 g/mol. The molecule has 0 atom stereocenters. The minimum absolute atomic E-state index is 0.181. The van der Waals surface area contributed by atoms with Crippen LogP contribution in [-0.4, -0.2) is 27.7 Å². The smallest absolute Gasteiger partial charge is 0.303 e. The van der Waals surface area contributed by atoms with Crippen LogP contribution in [0.2, 0.25) is 26.2 Å². The van der Waals surface area contributed by atoms with Crippen molar-refractivity contribution in [1.82, 2.24) is 0 Å². The Kier molecular flexibility index (Phi) is 5.92. The van der Waals surface area contributed by atoms with E-state index in [-0.39, 0.29) is 6.42 Å². The summed E-state index contributed by atoms with van der Waals surface area (Å²) >= 11 is 0. The van der Waals surface area contributed by atoms with Crippen molar-refractivity contribution in [3.05, 3.63) is 42.1 Å². The summed E-state index contributed by atoms with van der Waals surface area (Å²) in [4.78, 5) is 10.5. The van der Waals surface area contributed by atoms with Gasteiger partial charge < -0.3 is 9.22 Å². The molecule has 0 saturated heterocycles. The van der Waals surface area contributed by atoms with Crippen LogP contribution < -0.4 is 5.19 Å². The van der Waals surface area contributed by atoms with Gasteiger partial charge in [-0.2, -0.15) is 0 Å². The van der Waals surface area contributed by atoms with Crippen LogP contribution in [0.5, 0.6) is 0 Å². The van der Waals surface area contributed by atoms with Gasteiger partial charge >= 0.3 is 5.97 Å². The van der Waals surface area contributed by atoms with Crippen LogP contribution in [0.25, 0.3) is 0 Å². The lowest BCUT2D eigenvalue weighted by Crippen LogP contribution is -2.51. The molecule has 1 N–H and O–H groups in total. The molecule has 1 aromatic carbocycles. The van der Waals surface area contributed by atoms with E-state index in [9.17, 15) is 4.79 Å². The lowest BCUT2D eigenvalue weighted by atomic mass is 10.3. The summed E-state index contributed by atoms with van der Waals surface area (Å²) in [6.45, 7) is 8.73. The van der Waals surface area contributed by atoms with Crippen molar-refractivity contribution >= 4 is 27.8 Å². The Labute approximate surface area is 123 Å². The topological polar surface area (TPSA) is 46.5 Å². The molecule has 0 aliphatic rings. The van der Waals surface area contributed by atoms with Gasteiger partial charge in [-0.05, 0) is 37.8 Å². The van der Waals surface area contributed by atoms with Crippen LogP contribution in [0.1, 0.15) is 12.8 Å². The molecule has 0 fully saturated rings. The zero-order valence-electron chi connectivity index (χ0n) is 12.7. The maximum atomic E-state index is 10.5. The lowest BCUT2D eigenvalue weighted by Gasteiger charge is -2.32.